The van der Waals surface area contributed by atoms with E-state index in [2.05, 4.69) is 23.0 Å². The molecule has 124 valence electrons. The van der Waals surface area contributed by atoms with E-state index >= 15 is 0 Å². The third kappa shape index (κ3) is 1.95. The minimum Gasteiger partial charge on any atom is -0.456 e. The average Bonchev–Trinajstić information content (AvgIpc) is 3.12. The summed E-state index contributed by atoms with van der Waals surface area (Å²) < 4.78 is 6.11. The third-order valence-corrected chi connectivity index (χ3v) is 5.73. The SMILES string of the molecule is CN1C2CCC1c1c(nc(N)c(C#N)c1-c1cc3ccccc3o1)C2. The molecular weight excluding hydrogens is 312 g/mol. The van der Waals surface area contributed by atoms with Crippen LogP contribution in [0.3, 0.4) is 0 Å². The second-order valence-corrected chi connectivity index (χ2v) is 6.98. The molecule has 2 N–H and O–H groups in total. The number of anilines is 1. The molecule has 3 aromatic rings. The number of hydrogen-bond donors (Lipinski definition) is 1. The van der Waals surface area contributed by atoms with Crippen LogP contribution in [0.4, 0.5) is 5.82 Å². The van der Waals surface area contributed by atoms with Gasteiger partial charge in [0.2, 0.25) is 0 Å². The molecule has 1 aromatic carbocycles. The Morgan fingerprint density at radius 2 is 2.16 bits per heavy atom. The van der Waals surface area contributed by atoms with Gasteiger partial charge in [-0.25, -0.2) is 4.98 Å². The predicted molar refractivity (Wildman–Crippen MR) is 95.8 cm³/mol. The number of likely N-dealkylation sites (N-methyl/N-ethyl adjacent to an activating group) is 1. The Morgan fingerprint density at radius 3 is 2.96 bits per heavy atom. The van der Waals surface area contributed by atoms with Crippen molar-refractivity contribution in [1.29, 1.82) is 5.26 Å². The number of nitrogens with two attached hydrogens (primary N) is 1. The maximum absolute atomic E-state index is 9.75. The van der Waals surface area contributed by atoms with E-state index in [1.807, 2.05) is 30.3 Å². The number of fused-ring (bicyclic) bond motifs is 5. The predicted octanol–water partition coefficient (Wildman–Crippen LogP) is 3.64. The van der Waals surface area contributed by atoms with Gasteiger partial charge in [-0.05, 0) is 32.0 Å². The zero-order valence-electron chi connectivity index (χ0n) is 14.0. The Kier molecular flexibility index (Phi) is 2.94. The van der Waals surface area contributed by atoms with Gasteiger partial charge < -0.3 is 10.2 Å². The second kappa shape index (κ2) is 5.08. The van der Waals surface area contributed by atoms with Gasteiger partial charge in [-0.1, -0.05) is 18.2 Å². The van der Waals surface area contributed by atoms with Crippen molar-refractivity contribution in [3.63, 3.8) is 0 Å². The monoisotopic (exact) mass is 330 g/mol. The highest BCUT2D eigenvalue weighted by Gasteiger charge is 2.41. The van der Waals surface area contributed by atoms with Gasteiger partial charge >= 0.3 is 0 Å². The van der Waals surface area contributed by atoms with Crippen molar-refractivity contribution in [3.05, 3.63) is 47.2 Å². The van der Waals surface area contributed by atoms with Crippen molar-refractivity contribution >= 4 is 16.8 Å². The number of benzene rings is 1. The van der Waals surface area contributed by atoms with Crippen molar-refractivity contribution in [3.8, 4) is 17.4 Å². The van der Waals surface area contributed by atoms with Crippen LogP contribution in [0.2, 0.25) is 0 Å². The molecule has 25 heavy (non-hydrogen) atoms. The molecule has 0 amide bonds. The molecule has 0 saturated carbocycles. The van der Waals surface area contributed by atoms with Crippen LogP contribution in [-0.4, -0.2) is 23.0 Å². The molecule has 4 heterocycles. The van der Waals surface area contributed by atoms with E-state index in [1.165, 1.54) is 0 Å². The van der Waals surface area contributed by atoms with Crippen LogP contribution in [0.15, 0.2) is 34.7 Å². The summed E-state index contributed by atoms with van der Waals surface area (Å²) in [5, 5.41) is 10.8. The number of para-hydroxylation sites is 1. The zero-order valence-corrected chi connectivity index (χ0v) is 14.0. The number of hydrogen-bond acceptors (Lipinski definition) is 5. The largest absolute Gasteiger partial charge is 0.456 e. The molecule has 5 nitrogen and oxygen atoms in total. The maximum Gasteiger partial charge on any atom is 0.142 e. The number of aromatic nitrogens is 1. The average molecular weight is 330 g/mol. The van der Waals surface area contributed by atoms with Gasteiger partial charge in [-0.2, -0.15) is 5.26 Å². The second-order valence-electron chi connectivity index (χ2n) is 6.98. The maximum atomic E-state index is 9.75. The summed E-state index contributed by atoms with van der Waals surface area (Å²) in [6, 6.07) is 13.0. The van der Waals surface area contributed by atoms with Gasteiger partial charge in [0.25, 0.3) is 0 Å². The highest BCUT2D eigenvalue weighted by molar-refractivity contribution is 5.86. The fraction of sp³-hybridized carbons (Fsp3) is 0.300. The van der Waals surface area contributed by atoms with Crippen molar-refractivity contribution in [2.75, 3.05) is 12.8 Å². The molecular formula is C20H18N4O. The van der Waals surface area contributed by atoms with Crippen LogP contribution < -0.4 is 5.73 Å². The number of nitrogens with zero attached hydrogens (tertiary/aromatic N) is 3. The molecule has 2 aliphatic rings. The van der Waals surface area contributed by atoms with E-state index in [9.17, 15) is 5.26 Å². The van der Waals surface area contributed by atoms with Crippen molar-refractivity contribution < 1.29 is 4.42 Å². The summed E-state index contributed by atoms with van der Waals surface area (Å²) in [5.74, 6) is 1.02. The Bertz CT molecular complexity index is 1010. The fourth-order valence-corrected chi connectivity index (χ4v) is 4.49. The van der Waals surface area contributed by atoms with Crippen molar-refractivity contribution in [1.82, 2.24) is 9.88 Å². The number of rotatable bonds is 1. The molecule has 1 fully saturated rings. The lowest BCUT2D eigenvalue weighted by Crippen LogP contribution is -2.35. The van der Waals surface area contributed by atoms with Crippen LogP contribution in [0.25, 0.3) is 22.3 Å². The Balaban J connectivity index is 1.84. The number of nitrogen functional groups attached to an aromatic ring is 1. The lowest BCUT2D eigenvalue weighted by molar-refractivity contribution is 0.222. The first kappa shape index (κ1) is 14.5. The minimum absolute atomic E-state index is 0.275. The molecule has 0 spiro atoms. The van der Waals surface area contributed by atoms with E-state index in [0.717, 1.165) is 47.1 Å². The number of nitriles is 1. The first-order valence-electron chi connectivity index (χ1n) is 8.60. The van der Waals surface area contributed by atoms with Crippen LogP contribution in [0.5, 0.6) is 0 Å². The van der Waals surface area contributed by atoms with Gasteiger partial charge in [-0.3, -0.25) is 4.90 Å². The van der Waals surface area contributed by atoms with E-state index in [-0.39, 0.29) is 6.04 Å². The smallest absolute Gasteiger partial charge is 0.142 e. The fourth-order valence-electron chi connectivity index (χ4n) is 4.49. The first-order valence-corrected chi connectivity index (χ1v) is 8.60. The van der Waals surface area contributed by atoms with E-state index in [0.29, 0.717) is 23.2 Å². The molecule has 1 saturated heterocycles. The van der Waals surface area contributed by atoms with Crippen LogP contribution in [0, 0.1) is 11.3 Å². The Morgan fingerprint density at radius 1 is 1.32 bits per heavy atom. The molecule has 2 bridgehead atoms. The molecule has 2 atom stereocenters. The van der Waals surface area contributed by atoms with Gasteiger partial charge in [0, 0.05) is 40.7 Å². The lowest BCUT2D eigenvalue weighted by atomic mass is 9.89. The highest BCUT2D eigenvalue weighted by Crippen LogP contribution is 2.48. The molecule has 5 heteroatoms. The molecule has 0 aliphatic carbocycles. The molecule has 2 aliphatic heterocycles. The zero-order chi connectivity index (χ0) is 17.1. The van der Waals surface area contributed by atoms with Crippen molar-refractivity contribution in [2.24, 2.45) is 0 Å². The molecule has 2 unspecified atom stereocenters. The van der Waals surface area contributed by atoms with E-state index in [1.54, 1.807) is 0 Å². The summed E-state index contributed by atoms with van der Waals surface area (Å²) in [6.07, 6.45) is 3.11. The molecule has 5 rings (SSSR count). The van der Waals surface area contributed by atoms with Gasteiger partial charge in [-0.15, -0.1) is 0 Å². The van der Waals surface area contributed by atoms with Gasteiger partial charge in [0.05, 0.1) is 0 Å². The summed E-state index contributed by atoms with van der Waals surface area (Å²) in [5.41, 5.74) is 10.4. The van der Waals surface area contributed by atoms with Crippen LogP contribution in [-0.2, 0) is 6.42 Å². The van der Waals surface area contributed by atoms with Crippen LogP contribution in [0.1, 0.15) is 35.7 Å². The summed E-state index contributed by atoms with van der Waals surface area (Å²) in [4.78, 5) is 7.00. The highest BCUT2D eigenvalue weighted by atomic mass is 16.3. The topological polar surface area (TPSA) is 79.1 Å². The number of furan rings is 1. The quantitative estimate of drug-likeness (QED) is 0.737. The van der Waals surface area contributed by atoms with Gasteiger partial charge in [0.1, 0.15) is 28.8 Å². The van der Waals surface area contributed by atoms with E-state index in [4.69, 9.17) is 10.2 Å². The third-order valence-electron chi connectivity index (χ3n) is 5.73. The van der Waals surface area contributed by atoms with Crippen LogP contribution >= 0.6 is 0 Å². The van der Waals surface area contributed by atoms with Crippen molar-refractivity contribution in [2.45, 2.75) is 31.3 Å². The standard InChI is InChI=1S/C20H18N4O/c1-24-12-6-7-15(24)19-14(9-12)23-20(22)13(10-21)18(19)17-8-11-4-2-3-5-16(11)25-17/h2-5,8,12,15H,6-7,9H2,1H3,(H2,22,23). The van der Waals surface area contributed by atoms with Gasteiger partial charge in [0.15, 0.2) is 0 Å². The first-order chi connectivity index (χ1) is 12.2. The summed E-state index contributed by atoms with van der Waals surface area (Å²) in [6.45, 7) is 0. The Hall–Kier alpha value is -2.84. The Labute approximate surface area is 145 Å². The molecule has 0 radical (unpaired) electrons. The normalized spacial score (nSPS) is 22.1. The summed E-state index contributed by atoms with van der Waals surface area (Å²) in [7, 11) is 2.16. The molecule has 2 aromatic heterocycles. The van der Waals surface area contributed by atoms with E-state index < -0.39 is 0 Å². The number of pyridine rings is 1. The minimum atomic E-state index is 0.275. The summed E-state index contributed by atoms with van der Waals surface area (Å²) >= 11 is 0. The lowest BCUT2D eigenvalue weighted by Gasteiger charge is -2.34.